The van der Waals surface area contributed by atoms with Crippen molar-refractivity contribution in [2.45, 2.75) is 45.6 Å². The van der Waals surface area contributed by atoms with Crippen LogP contribution >= 0.6 is 0 Å². The van der Waals surface area contributed by atoms with E-state index in [1.54, 1.807) is 37.3 Å². The van der Waals surface area contributed by atoms with Crippen LogP contribution in [0.2, 0.25) is 0 Å². The van der Waals surface area contributed by atoms with E-state index in [9.17, 15) is 9.59 Å². The third-order valence-electron chi connectivity index (χ3n) is 6.21. The third-order valence-corrected chi connectivity index (χ3v) is 6.21. The highest BCUT2D eigenvalue weighted by molar-refractivity contribution is 5.95. The summed E-state index contributed by atoms with van der Waals surface area (Å²) in [6, 6.07) is 13.6. The SMILES string of the molecule is COc1cc(OC)cc(C(=O)N2CCC(C(=O)NC(C)c3ccc(C(C)C)cc3)CC2)c1. The molecule has 0 spiro atoms. The van der Waals surface area contributed by atoms with Crippen LogP contribution in [0.3, 0.4) is 0 Å². The van der Waals surface area contributed by atoms with Gasteiger partial charge in [0.2, 0.25) is 5.91 Å². The first kappa shape index (κ1) is 23.6. The van der Waals surface area contributed by atoms with Crippen molar-refractivity contribution in [3.05, 3.63) is 59.2 Å². The zero-order valence-electron chi connectivity index (χ0n) is 19.7. The van der Waals surface area contributed by atoms with Crippen LogP contribution in [0.5, 0.6) is 11.5 Å². The largest absolute Gasteiger partial charge is 0.497 e. The number of carbonyl (C=O) groups is 2. The molecular weight excluding hydrogens is 404 g/mol. The predicted molar refractivity (Wildman–Crippen MR) is 125 cm³/mol. The summed E-state index contributed by atoms with van der Waals surface area (Å²) in [4.78, 5) is 27.6. The molecule has 1 fully saturated rings. The van der Waals surface area contributed by atoms with Gasteiger partial charge in [-0.15, -0.1) is 0 Å². The molecule has 0 bridgehead atoms. The molecule has 2 amide bonds. The highest BCUT2D eigenvalue weighted by Gasteiger charge is 2.29. The van der Waals surface area contributed by atoms with Crippen molar-refractivity contribution in [1.29, 1.82) is 0 Å². The van der Waals surface area contributed by atoms with Gasteiger partial charge in [0.1, 0.15) is 11.5 Å². The van der Waals surface area contributed by atoms with Crippen LogP contribution in [0.25, 0.3) is 0 Å². The number of piperidine rings is 1. The Kier molecular flexibility index (Phi) is 7.78. The van der Waals surface area contributed by atoms with Crippen molar-refractivity contribution in [3.63, 3.8) is 0 Å². The molecule has 6 nitrogen and oxygen atoms in total. The number of hydrogen-bond acceptors (Lipinski definition) is 4. The van der Waals surface area contributed by atoms with E-state index in [0.29, 0.717) is 48.9 Å². The summed E-state index contributed by atoms with van der Waals surface area (Å²) in [6.07, 6.45) is 1.30. The number of likely N-dealkylation sites (tertiary alicyclic amines) is 1. The number of rotatable bonds is 7. The molecule has 1 N–H and O–H groups in total. The number of ether oxygens (including phenoxy) is 2. The number of benzene rings is 2. The van der Waals surface area contributed by atoms with Crippen molar-refractivity contribution < 1.29 is 19.1 Å². The lowest BCUT2D eigenvalue weighted by atomic mass is 9.94. The number of amides is 2. The first-order valence-corrected chi connectivity index (χ1v) is 11.2. The molecular formula is C26H34N2O4. The minimum Gasteiger partial charge on any atom is -0.497 e. The average molecular weight is 439 g/mol. The molecule has 3 rings (SSSR count). The molecule has 1 heterocycles. The molecule has 0 aliphatic carbocycles. The van der Waals surface area contributed by atoms with Gasteiger partial charge in [0, 0.05) is 30.6 Å². The first-order valence-electron chi connectivity index (χ1n) is 11.2. The first-order chi connectivity index (χ1) is 15.3. The summed E-state index contributed by atoms with van der Waals surface area (Å²) in [5, 5.41) is 3.15. The molecule has 0 saturated carbocycles. The summed E-state index contributed by atoms with van der Waals surface area (Å²) < 4.78 is 10.5. The van der Waals surface area contributed by atoms with Crippen LogP contribution < -0.4 is 14.8 Å². The van der Waals surface area contributed by atoms with Crippen LogP contribution in [0.4, 0.5) is 0 Å². The van der Waals surface area contributed by atoms with Crippen LogP contribution in [0, 0.1) is 5.92 Å². The Morgan fingerprint density at radius 3 is 1.94 bits per heavy atom. The van der Waals surface area contributed by atoms with Crippen molar-refractivity contribution in [1.82, 2.24) is 10.2 Å². The maximum atomic E-state index is 13.0. The van der Waals surface area contributed by atoms with E-state index in [4.69, 9.17) is 9.47 Å². The van der Waals surface area contributed by atoms with Gasteiger partial charge < -0.3 is 19.7 Å². The van der Waals surface area contributed by atoms with E-state index >= 15 is 0 Å². The van der Waals surface area contributed by atoms with Gasteiger partial charge in [-0.3, -0.25) is 9.59 Å². The molecule has 2 aromatic rings. The summed E-state index contributed by atoms with van der Waals surface area (Å²) in [7, 11) is 3.12. The summed E-state index contributed by atoms with van der Waals surface area (Å²) in [6.45, 7) is 7.45. The van der Waals surface area contributed by atoms with Crippen LogP contribution in [0.1, 0.15) is 67.1 Å². The third kappa shape index (κ3) is 5.61. The molecule has 0 radical (unpaired) electrons. The van der Waals surface area contributed by atoms with Crippen molar-refractivity contribution in [2.24, 2.45) is 5.92 Å². The Morgan fingerprint density at radius 2 is 1.44 bits per heavy atom. The van der Waals surface area contributed by atoms with Gasteiger partial charge in [0.25, 0.3) is 5.91 Å². The van der Waals surface area contributed by atoms with E-state index in [1.165, 1.54) is 5.56 Å². The lowest BCUT2D eigenvalue weighted by molar-refractivity contribution is -0.126. The molecule has 1 aliphatic rings. The zero-order chi connectivity index (χ0) is 23.3. The Labute approximate surface area is 190 Å². The van der Waals surface area contributed by atoms with E-state index in [1.807, 2.05) is 6.92 Å². The number of methoxy groups -OCH3 is 2. The molecule has 2 aromatic carbocycles. The van der Waals surface area contributed by atoms with Gasteiger partial charge in [-0.2, -0.15) is 0 Å². The zero-order valence-corrected chi connectivity index (χ0v) is 19.7. The topological polar surface area (TPSA) is 67.9 Å². The van der Waals surface area contributed by atoms with Crippen LogP contribution in [-0.4, -0.2) is 44.0 Å². The Hall–Kier alpha value is -3.02. The van der Waals surface area contributed by atoms with Gasteiger partial charge in [-0.1, -0.05) is 38.1 Å². The molecule has 1 atom stereocenters. The summed E-state index contributed by atoms with van der Waals surface area (Å²) in [5.74, 6) is 1.55. The number of hydrogen-bond donors (Lipinski definition) is 1. The maximum Gasteiger partial charge on any atom is 0.254 e. The second-order valence-corrected chi connectivity index (χ2v) is 8.72. The van der Waals surface area contributed by atoms with E-state index < -0.39 is 0 Å². The van der Waals surface area contributed by atoms with Crippen molar-refractivity contribution in [3.8, 4) is 11.5 Å². The van der Waals surface area contributed by atoms with E-state index in [0.717, 1.165) is 5.56 Å². The van der Waals surface area contributed by atoms with Crippen LogP contribution in [0.15, 0.2) is 42.5 Å². The van der Waals surface area contributed by atoms with Gasteiger partial charge in [0.05, 0.1) is 20.3 Å². The molecule has 1 aliphatic heterocycles. The second kappa shape index (κ2) is 10.5. The number of carbonyl (C=O) groups excluding carboxylic acids is 2. The van der Waals surface area contributed by atoms with Crippen molar-refractivity contribution in [2.75, 3.05) is 27.3 Å². The molecule has 1 unspecified atom stereocenters. The quantitative estimate of drug-likeness (QED) is 0.688. The molecule has 32 heavy (non-hydrogen) atoms. The lowest BCUT2D eigenvalue weighted by Gasteiger charge is -2.32. The monoisotopic (exact) mass is 438 g/mol. The highest BCUT2D eigenvalue weighted by atomic mass is 16.5. The van der Waals surface area contributed by atoms with E-state index in [2.05, 4.69) is 43.4 Å². The average Bonchev–Trinajstić information content (AvgIpc) is 2.83. The molecule has 6 heteroatoms. The predicted octanol–water partition coefficient (Wildman–Crippen LogP) is 4.56. The fourth-order valence-corrected chi connectivity index (χ4v) is 4.04. The Morgan fingerprint density at radius 1 is 0.906 bits per heavy atom. The van der Waals surface area contributed by atoms with Gasteiger partial charge in [-0.25, -0.2) is 0 Å². The normalized spacial score (nSPS) is 15.4. The molecule has 0 aromatic heterocycles. The highest BCUT2D eigenvalue weighted by Crippen LogP contribution is 2.26. The lowest BCUT2D eigenvalue weighted by Crippen LogP contribution is -2.43. The smallest absolute Gasteiger partial charge is 0.254 e. The Bertz CT molecular complexity index is 909. The fourth-order valence-electron chi connectivity index (χ4n) is 4.04. The standard InChI is InChI=1S/C26H34N2O4/c1-17(2)19-6-8-20(9-7-19)18(3)27-25(29)21-10-12-28(13-11-21)26(30)22-14-23(31-4)16-24(15-22)32-5/h6-9,14-18,21H,10-13H2,1-5H3,(H,27,29). The number of nitrogens with one attached hydrogen (secondary N) is 1. The summed E-state index contributed by atoms with van der Waals surface area (Å²) in [5.41, 5.74) is 2.92. The number of nitrogens with zero attached hydrogens (tertiary/aromatic N) is 1. The fraction of sp³-hybridized carbons (Fsp3) is 0.462. The minimum absolute atomic E-state index is 0.0485. The maximum absolute atomic E-state index is 13.0. The minimum atomic E-state index is -0.0868. The summed E-state index contributed by atoms with van der Waals surface area (Å²) >= 11 is 0. The second-order valence-electron chi connectivity index (χ2n) is 8.72. The molecule has 1 saturated heterocycles. The van der Waals surface area contributed by atoms with Gasteiger partial charge in [-0.05, 0) is 48.9 Å². The van der Waals surface area contributed by atoms with Gasteiger partial charge >= 0.3 is 0 Å². The van der Waals surface area contributed by atoms with Crippen molar-refractivity contribution >= 4 is 11.8 Å². The van der Waals surface area contributed by atoms with E-state index in [-0.39, 0.29) is 23.8 Å². The Balaban J connectivity index is 1.55. The molecule has 172 valence electrons. The van der Waals surface area contributed by atoms with Crippen LogP contribution in [-0.2, 0) is 4.79 Å². The van der Waals surface area contributed by atoms with Gasteiger partial charge in [0.15, 0.2) is 0 Å².